The number of aliphatic hydroxyl groups is 1. The van der Waals surface area contributed by atoms with Crippen LogP contribution < -0.4 is 9.80 Å². The van der Waals surface area contributed by atoms with Gasteiger partial charge in [-0.1, -0.05) is 60.7 Å². The second-order valence-corrected chi connectivity index (χ2v) is 17.5. The van der Waals surface area contributed by atoms with Crippen LogP contribution in [0.5, 0.6) is 11.5 Å². The number of nitrogens with one attached hydrogen (secondary N) is 2. The molecule has 8 aliphatic rings. The Bertz CT molecular complexity index is 3860. The van der Waals surface area contributed by atoms with Gasteiger partial charge in [-0.3, -0.25) is 0 Å². The Morgan fingerprint density at radius 3 is 1.55 bits per heavy atom. The maximum absolute atomic E-state index is 12.5. The molecule has 4 atom stereocenters. The van der Waals surface area contributed by atoms with E-state index in [2.05, 4.69) is 9.97 Å². The molecule has 18 nitrogen and oxygen atoms in total. The van der Waals surface area contributed by atoms with E-state index in [0.717, 1.165) is 5.56 Å². The Morgan fingerprint density at radius 1 is 0.507 bits per heavy atom. The van der Waals surface area contributed by atoms with E-state index in [1.807, 2.05) is 48.5 Å². The van der Waals surface area contributed by atoms with E-state index >= 15 is 0 Å². The van der Waals surface area contributed by atoms with Gasteiger partial charge >= 0.3 is 45.7 Å². The molecule has 0 spiro atoms. The fourth-order valence-corrected chi connectivity index (χ4v) is 11.1. The molecular weight excluding hydrogens is 966 g/mol. The summed E-state index contributed by atoms with van der Waals surface area (Å²) in [5.41, 5.74) is 10.5. The molecule has 11 heterocycles. The molecule has 0 amide bonds. The number of aliphatic carboxylic acids is 4. The summed E-state index contributed by atoms with van der Waals surface area (Å²) >= 11 is 0.125. The first-order chi connectivity index (χ1) is 34.3. The van der Waals surface area contributed by atoms with Gasteiger partial charge in [-0.15, -0.1) is 0 Å². The fourth-order valence-electron chi connectivity index (χ4n) is 11.1. The Balaban J connectivity index is 0.00000256. The number of nitrogens with zero attached hydrogens (tertiary/aromatic N) is 4. The number of anilines is 2. The number of H-pyrrole nitrogens is 2. The number of hydrogen-bond donors (Lipinski definition) is 9. The van der Waals surface area contributed by atoms with Gasteiger partial charge in [-0.25, -0.2) is 29.1 Å². The zero-order chi connectivity index (χ0) is 49.5. The van der Waals surface area contributed by atoms with Gasteiger partial charge in [0.25, 0.3) is 0 Å². The van der Waals surface area contributed by atoms with E-state index < -0.39 is 59.5 Å². The molecule has 19 heteroatoms. The zero-order valence-corrected chi connectivity index (χ0v) is 39.4. The van der Waals surface area contributed by atoms with E-state index in [0.29, 0.717) is 95.1 Å². The average molecular weight is 998 g/mol. The molecule has 0 saturated carbocycles. The molecule has 8 aliphatic heterocycles. The zero-order valence-electron chi connectivity index (χ0n) is 36.4. The quantitative estimate of drug-likeness (QED) is 0.0643. The summed E-state index contributed by atoms with van der Waals surface area (Å²) in [6.45, 7) is 0. The Morgan fingerprint density at radius 2 is 1.01 bits per heavy atom. The van der Waals surface area contributed by atoms with Crippen LogP contribution in [0.1, 0.15) is 69.2 Å². The van der Waals surface area contributed by atoms with Crippen LogP contribution in [-0.2, 0) is 41.0 Å². The minimum atomic E-state index is -1.17. The number of rotatable bonds is 8. The third-order valence-electron chi connectivity index (χ3n) is 13.9. The number of aromatic hydroxyl groups is 2. The number of carbonyl (C=O) groups is 4. The number of hydrogen-bond acceptors (Lipinski definition) is 12. The Labute approximate surface area is 408 Å². The maximum atomic E-state index is 12.5. The van der Waals surface area contributed by atoms with Crippen LogP contribution in [0, 0.1) is 0 Å². The summed E-state index contributed by atoms with van der Waals surface area (Å²) in [5, 5.41) is 74.7. The van der Waals surface area contributed by atoms with Crippen LogP contribution in [0.25, 0.3) is 90.6 Å². The molecule has 0 radical (unpaired) electrons. The van der Waals surface area contributed by atoms with Crippen LogP contribution >= 0.6 is 0 Å². The van der Waals surface area contributed by atoms with Gasteiger partial charge in [-0.05, 0) is 81.9 Å². The molecule has 15 rings (SSSR count). The predicted molar refractivity (Wildman–Crippen MR) is 253 cm³/mol. The number of fused-ring (bicyclic) bond motifs is 8. The normalized spacial score (nSPS) is 18.0. The fraction of sp³-hybridized carbons (Fsp3) is 0.0769. The van der Waals surface area contributed by atoms with E-state index in [1.165, 1.54) is 15.9 Å². The van der Waals surface area contributed by atoms with Crippen molar-refractivity contribution in [2.45, 2.75) is 24.2 Å². The molecule has 0 aliphatic carbocycles. The van der Waals surface area contributed by atoms with E-state index in [4.69, 9.17) is 13.5 Å². The second-order valence-electron chi connectivity index (χ2n) is 17.5. The Hall–Kier alpha value is -9.22. The average Bonchev–Trinajstić information content (AvgIpc) is 4.23. The first-order valence-corrected chi connectivity index (χ1v) is 23.1. The number of benzene rings is 4. The van der Waals surface area contributed by atoms with Crippen molar-refractivity contribution in [2.24, 2.45) is 0 Å². The third-order valence-corrected chi connectivity index (χ3v) is 13.9. The summed E-state index contributed by atoms with van der Waals surface area (Å²) in [6.07, 6.45) is 5.03. The van der Waals surface area contributed by atoms with Crippen LogP contribution in [0.2, 0.25) is 0 Å². The molecule has 71 heavy (non-hydrogen) atoms. The van der Waals surface area contributed by atoms with Crippen molar-refractivity contribution in [3.63, 3.8) is 0 Å². The van der Waals surface area contributed by atoms with Crippen molar-refractivity contribution >= 4 is 81.3 Å². The van der Waals surface area contributed by atoms with Crippen molar-refractivity contribution in [3.8, 4) is 56.0 Å². The second kappa shape index (κ2) is 15.4. The number of aromatic amines is 2. The molecule has 16 bridgehead atoms. The molecule has 3 aromatic heterocycles. The first-order valence-electron chi connectivity index (χ1n) is 21.9. The van der Waals surface area contributed by atoms with Crippen molar-refractivity contribution in [1.82, 2.24) is 19.9 Å². The number of carboxylic acid groups (broad SMARTS) is 4. The minimum absolute atomic E-state index is 0.0328. The summed E-state index contributed by atoms with van der Waals surface area (Å²) in [7, 11) is 0. The van der Waals surface area contributed by atoms with Crippen molar-refractivity contribution in [2.75, 3.05) is 9.80 Å². The van der Waals surface area contributed by atoms with Crippen molar-refractivity contribution in [1.29, 1.82) is 0 Å². The van der Waals surface area contributed by atoms with E-state index in [9.17, 15) is 54.9 Å². The van der Waals surface area contributed by atoms with Crippen LogP contribution in [0.4, 0.5) is 11.4 Å². The van der Waals surface area contributed by atoms with E-state index in [-0.39, 0.29) is 46.3 Å². The van der Waals surface area contributed by atoms with E-state index in [1.54, 1.807) is 60.7 Å². The number of aromatic nitrogens is 4. The Kier molecular flexibility index (Phi) is 9.34. The summed E-state index contributed by atoms with van der Waals surface area (Å²) in [5.74, 6) is -5.78. The molecule has 0 fully saturated rings. The van der Waals surface area contributed by atoms with Gasteiger partial charge in [-0.2, -0.15) is 0 Å². The van der Waals surface area contributed by atoms with Gasteiger partial charge in [0.15, 0.2) is 35.7 Å². The summed E-state index contributed by atoms with van der Waals surface area (Å²) in [6, 6.07) is 24.0. The third kappa shape index (κ3) is 6.02. The molecular formula is C52H32N6O12Zn. The molecule has 9 N–H and O–H groups in total. The number of carboxylic acids is 4. The molecule has 0 saturated heterocycles. The van der Waals surface area contributed by atoms with Crippen LogP contribution in [-0.4, -0.2) is 79.6 Å². The van der Waals surface area contributed by atoms with Gasteiger partial charge in [0.1, 0.15) is 11.5 Å². The van der Waals surface area contributed by atoms with Gasteiger partial charge in [0.2, 0.25) is 0 Å². The molecule has 7 aromatic rings. The van der Waals surface area contributed by atoms with Gasteiger partial charge in [0, 0.05) is 61.9 Å². The van der Waals surface area contributed by atoms with Crippen LogP contribution in [0.15, 0.2) is 97.1 Å². The van der Waals surface area contributed by atoms with Gasteiger partial charge < -0.3 is 55.5 Å². The summed E-state index contributed by atoms with van der Waals surface area (Å²) < 4.78 is 8.38. The molecule has 4 unspecified atom stereocenters. The SMILES string of the molecule is O=C(O)C1c2c(-c3ccc(-c4c5nc(cc6[nH]c(c(O)c6O)c(-c6ccc(-c7ccc8c9c7C(C(=O)O)N8C9C(=O)O)cc6)c6nc(cc7ccc4[nH]7)C=C6O)C=C5)cc3)ccc3c2C(C(=O)O)N31.[O]=[Zn]. The number of aliphatic hydroxyl groups excluding tert-OH is 1. The standard InChI is InChI=1S/C52H32N6O11.O.Zn/c59-34-19-26-17-24-9-13-29(53-24)35(22-5-1-20(2-6-22)27-11-15-32-39-37(27)43(49(62)63)57(32)45(39)51(66)67)30-14-10-25(54-30)18-31-47(60)48(61)42(56-31)36(41(34)55-26)23-7-3-21(4-8-23)28-12-16-33-40-38(28)44(50(64)65)58(33)46(40)52(68)69;;/h1-19,43-46,53,56,59-61H,(H,62,63)(H,64,65)(H,66,67)(H,68,69);;. The predicted octanol–water partition coefficient (Wildman–Crippen LogP) is 8.67. The topological polar surface area (TPSA) is 291 Å². The first kappa shape index (κ1) is 43.1. The molecule has 4 aromatic carbocycles. The molecule has 344 valence electrons. The monoisotopic (exact) mass is 996 g/mol. The van der Waals surface area contributed by atoms with Crippen LogP contribution in [0.3, 0.4) is 0 Å². The van der Waals surface area contributed by atoms with Gasteiger partial charge in [0.05, 0.1) is 28.1 Å². The van der Waals surface area contributed by atoms with Crippen molar-refractivity contribution < 1.29 is 76.8 Å². The van der Waals surface area contributed by atoms with Crippen molar-refractivity contribution in [3.05, 3.63) is 142 Å². The summed E-state index contributed by atoms with van der Waals surface area (Å²) in [4.78, 5) is 68.2.